The molecule has 0 fully saturated rings. The largest absolute Gasteiger partial charge is 0.394 e. The number of aliphatic hydroxyl groups is 4. The molecular formula is C50H99NO5. The molecule has 0 aromatic carbocycles. The molecule has 1 amide bonds. The minimum atomic E-state index is -1.27. The summed E-state index contributed by atoms with van der Waals surface area (Å²) >= 11 is 0. The van der Waals surface area contributed by atoms with E-state index in [0.29, 0.717) is 19.3 Å². The van der Waals surface area contributed by atoms with Crippen LogP contribution < -0.4 is 5.32 Å². The Balaban J connectivity index is 3.42. The molecule has 5 N–H and O–H groups in total. The first kappa shape index (κ1) is 55.0. The molecule has 0 aromatic rings. The fraction of sp³-hybridized carbons (Fsp3) is 0.940. The second kappa shape index (κ2) is 45.1. The summed E-state index contributed by atoms with van der Waals surface area (Å²) in [4.78, 5) is 12.4. The molecule has 0 aliphatic heterocycles. The molecule has 0 radical (unpaired) electrons. The monoisotopic (exact) mass is 794 g/mol. The Morgan fingerprint density at radius 3 is 1.07 bits per heavy atom. The quantitative estimate of drug-likeness (QED) is 0.0311. The van der Waals surface area contributed by atoms with Gasteiger partial charge in [0, 0.05) is 0 Å². The molecule has 0 saturated heterocycles. The Morgan fingerprint density at radius 2 is 0.750 bits per heavy atom. The summed E-state index contributed by atoms with van der Waals surface area (Å²) < 4.78 is 0. The highest BCUT2D eigenvalue weighted by Crippen LogP contribution is 2.18. The number of allylic oxidation sites excluding steroid dienone is 2. The van der Waals surface area contributed by atoms with Crippen molar-refractivity contribution in [3.63, 3.8) is 0 Å². The number of rotatable bonds is 46. The van der Waals surface area contributed by atoms with E-state index in [-0.39, 0.29) is 0 Å². The van der Waals surface area contributed by atoms with E-state index in [9.17, 15) is 25.2 Å². The van der Waals surface area contributed by atoms with Crippen molar-refractivity contribution in [1.82, 2.24) is 5.32 Å². The molecule has 334 valence electrons. The molecule has 0 rings (SSSR count). The van der Waals surface area contributed by atoms with Gasteiger partial charge in [0.1, 0.15) is 12.2 Å². The molecular weight excluding hydrogens is 695 g/mol. The van der Waals surface area contributed by atoms with Crippen LogP contribution in [-0.2, 0) is 4.79 Å². The highest BCUT2D eigenvalue weighted by Gasteiger charge is 2.28. The fourth-order valence-corrected chi connectivity index (χ4v) is 8.00. The van der Waals surface area contributed by atoms with Crippen molar-refractivity contribution < 1.29 is 25.2 Å². The van der Waals surface area contributed by atoms with Crippen molar-refractivity contribution in [1.29, 1.82) is 0 Å². The molecule has 6 nitrogen and oxygen atoms in total. The van der Waals surface area contributed by atoms with Crippen molar-refractivity contribution in [2.75, 3.05) is 6.61 Å². The summed E-state index contributed by atoms with van der Waals surface area (Å²) in [7, 11) is 0. The zero-order chi connectivity index (χ0) is 41.0. The maximum absolute atomic E-state index is 12.4. The molecule has 4 unspecified atom stereocenters. The number of carbonyl (C=O) groups excluding carboxylic acids is 1. The predicted molar refractivity (Wildman–Crippen MR) is 242 cm³/mol. The molecule has 0 aliphatic carbocycles. The zero-order valence-electron chi connectivity index (χ0n) is 37.7. The molecule has 0 bridgehead atoms. The third kappa shape index (κ3) is 38.6. The maximum Gasteiger partial charge on any atom is 0.249 e. The van der Waals surface area contributed by atoms with Crippen LogP contribution in [0, 0.1) is 0 Å². The molecule has 0 aromatic heterocycles. The van der Waals surface area contributed by atoms with Crippen LogP contribution in [0.2, 0.25) is 0 Å². The van der Waals surface area contributed by atoms with Crippen LogP contribution in [0.1, 0.15) is 271 Å². The first-order valence-electron chi connectivity index (χ1n) is 25.1. The Bertz CT molecular complexity index is 806. The Morgan fingerprint density at radius 1 is 0.429 bits per heavy atom. The minimum Gasteiger partial charge on any atom is -0.394 e. The number of carbonyl (C=O) groups is 1. The van der Waals surface area contributed by atoms with Crippen LogP contribution in [-0.4, -0.2) is 57.3 Å². The number of nitrogens with one attached hydrogen (secondary N) is 1. The SMILES string of the molecule is CCC/C=C/CCCC(O)C(O)C(CO)NC(=O)C(O)CCCCCCCCCCCCCCCCCCCCCCCCCCCCCCCCCCCC. The number of hydrogen-bond donors (Lipinski definition) is 5. The molecule has 0 heterocycles. The number of unbranched alkanes of at least 4 members (excludes halogenated alkanes) is 35. The van der Waals surface area contributed by atoms with Gasteiger partial charge in [0.2, 0.25) is 5.91 Å². The van der Waals surface area contributed by atoms with E-state index in [1.807, 2.05) is 0 Å². The summed E-state index contributed by atoms with van der Waals surface area (Å²) in [5, 5.41) is 43.2. The average Bonchev–Trinajstić information content (AvgIpc) is 3.20. The van der Waals surface area contributed by atoms with Gasteiger partial charge in [-0.3, -0.25) is 4.79 Å². The van der Waals surface area contributed by atoms with Gasteiger partial charge in [-0.1, -0.05) is 251 Å². The summed E-state index contributed by atoms with van der Waals surface area (Å²) in [6.45, 7) is 3.93. The first-order valence-corrected chi connectivity index (χ1v) is 25.1. The van der Waals surface area contributed by atoms with Crippen LogP contribution in [0.4, 0.5) is 0 Å². The van der Waals surface area contributed by atoms with Crippen LogP contribution >= 0.6 is 0 Å². The fourth-order valence-electron chi connectivity index (χ4n) is 8.00. The van der Waals surface area contributed by atoms with E-state index < -0.39 is 36.9 Å². The Labute approximate surface area is 349 Å². The lowest BCUT2D eigenvalue weighted by molar-refractivity contribution is -0.132. The molecule has 6 heteroatoms. The van der Waals surface area contributed by atoms with Crippen LogP contribution in [0.25, 0.3) is 0 Å². The van der Waals surface area contributed by atoms with Crippen molar-refractivity contribution in [2.24, 2.45) is 0 Å². The van der Waals surface area contributed by atoms with Crippen LogP contribution in [0.15, 0.2) is 12.2 Å². The zero-order valence-corrected chi connectivity index (χ0v) is 37.7. The van der Waals surface area contributed by atoms with E-state index in [4.69, 9.17) is 0 Å². The smallest absolute Gasteiger partial charge is 0.249 e. The lowest BCUT2D eigenvalue weighted by atomic mass is 10.00. The van der Waals surface area contributed by atoms with E-state index in [1.54, 1.807) is 0 Å². The van der Waals surface area contributed by atoms with Crippen molar-refractivity contribution in [3.8, 4) is 0 Å². The first-order chi connectivity index (χ1) is 27.5. The second-order valence-corrected chi connectivity index (χ2v) is 17.5. The minimum absolute atomic E-state index is 0.367. The van der Waals surface area contributed by atoms with Gasteiger partial charge in [-0.25, -0.2) is 0 Å². The topological polar surface area (TPSA) is 110 Å². The van der Waals surface area contributed by atoms with E-state index >= 15 is 0 Å². The predicted octanol–water partition coefficient (Wildman–Crippen LogP) is 13.7. The molecule has 4 atom stereocenters. The van der Waals surface area contributed by atoms with Gasteiger partial charge in [-0.2, -0.15) is 0 Å². The molecule has 0 aliphatic rings. The maximum atomic E-state index is 12.4. The number of amides is 1. The Kier molecular flexibility index (Phi) is 44.4. The van der Waals surface area contributed by atoms with Crippen molar-refractivity contribution in [3.05, 3.63) is 12.2 Å². The van der Waals surface area contributed by atoms with Crippen molar-refractivity contribution >= 4 is 5.91 Å². The summed E-state index contributed by atoms with van der Waals surface area (Å²) in [6, 6.07) is -0.995. The molecule has 0 spiro atoms. The van der Waals surface area contributed by atoms with Crippen LogP contribution in [0.5, 0.6) is 0 Å². The van der Waals surface area contributed by atoms with Crippen molar-refractivity contribution in [2.45, 2.75) is 295 Å². The lowest BCUT2D eigenvalue weighted by Crippen LogP contribution is -2.53. The third-order valence-electron chi connectivity index (χ3n) is 12.0. The van der Waals surface area contributed by atoms with E-state index in [2.05, 4.69) is 31.3 Å². The third-order valence-corrected chi connectivity index (χ3v) is 12.0. The molecule has 56 heavy (non-hydrogen) atoms. The Hall–Kier alpha value is -0.950. The van der Waals surface area contributed by atoms with Gasteiger partial charge < -0.3 is 25.7 Å². The van der Waals surface area contributed by atoms with E-state index in [0.717, 1.165) is 38.5 Å². The normalized spacial score (nSPS) is 14.0. The standard InChI is InChI=1S/C50H99NO5/c1-3-5-7-9-11-12-13-14-15-16-17-18-19-20-21-22-23-24-25-26-27-28-29-30-31-32-33-34-35-36-37-38-40-42-44-48(54)50(56)51-46(45-52)49(55)47(53)43-41-39-10-8-6-4-2/h8,10,46-49,52-55H,3-7,9,11-45H2,1-2H3,(H,51,56)/b10-8+. The summed E-state index contributed by atoms with van der Waals surface area (Å²) in [5.41, 5.74) is 0. The van der Waals surface area contributed by atoms with Gasteiger partial charge in [0.25, 0.3) is 0 Å². The lowest BCUT2D eigenvalue weighted by Gasteiger charge is -2.27. The van der Waals surface area contributed by atoms with Gasteiger partial charge in [-0.05, 0) is 32.1 Å². The number of aliphatic hydroxyl groups excluding tert-OH is 4. The van der Waals surface area contributed by atoms with Gasteiger partial charge in [0.15, 0.2) is 0 Å². The second-order valence-electron chi connectivity index (χ2n) is 17.5. The summed E-state index contributed by atoms with van der Waals surface area (Å²) in [6.07, 6.45) is 52.0. The van der Waals surface area contributed by atoms with Gasteiger partial charge in [-0.15, -0.1) is 0 Å². The summed E-state index contributed by atoms with van der Waals surface area (Å²) in [5.74, 6) is -0.594. The highest BCUT2D eigenvalue weighted by molar-refractivity contribution is 5.80. The average molecular weight is 794 g/mol. The molecule has 0 saturated carbocycles. The van der Waals surface area contributed by atoms with Gasteiger partial charge in [0.05, 0.1) is 18.8 Å². The highest BCUT2D eigenvalue weighted by atomic mass is 16.3. The van der Waals surface area contributed by atoms with Crippen LogP contribution in [0.3, 0.4) is 0 Å². The van der Waals surface area contributed by atoms with E-state index in [1.165, 1.54) is 199 Å². The number of hydrogen-bond acceptors (Lipinski definition) is 5. The van der Waals surface area contributed by atoms with Gasteiger partial charge >= 0.3 is 0 Å².